The predicted octanol–water partition coefficient (Wildman–Crippen LogP) is 8.36. The standard InChI is InChI=1S/C43H45IN4O6/c1-3-4-5-6-10-25-53-37-23-21-31(22-24-37)36-27-45-40(46-28-36)34-15-13-30(14-16-34)26-38(42(51)47-29(2)43(52)54-44)48-41(50)35-19-17-33(18-20-35)39(49)32-11-8-7-9-12-32/h8,11-24,27-29,38H,3-7,9-10,25-26H2,1-2H3,(H,47,51)(H,48,50)/t29-,38?/m1/s1. The van der Waals surface area contributed by atoms with E-state index in [9.17, 15) is 19.2 Å². The molecule has 1 unspecified atom stereocenters. The van der Waals surface area contributed by atoms with Crippen LogP contribution in [0, 0.1) is 0 Å². The minimum Gasteiger partial charge on any atom is -0.494 e. The van der Waals surface area contributed by atoms with Crippen LogP contribution in [0.25, 0.3) is 22.5 Å². The Hall–Kier alpha value is -5.17. The molecular formula is C43H45IN4O6. The fourth-order valence-electron chi connectivity index (χ4n) is 5.90. The lowest BCUT2D eigenvalue weighted by atomic mass is 9.97. The van der Waals surface area contributed by atoms with Gasteiger partial charge in [0.25, 0.3) is 5.91 Å². The summed E-state index contributed by atoms with van der Waals surface area (Å²) in [7, 11) is 0. The first kappa shape index (κ1) is 40.0. The number of nitrogens with zero attached hydrogens (tertiary/aromatic N) is 2. The van der Waals surface area contributed by atoms with Crippen LogP contribution in [-0.4, -0.2) is 52.2 Å². The van der Waals surface area contributed by atoms with Crippen LogP contribution in [0.3, 0.4) is 0 Å². The maximum Gasteiger partial charge on any atom is 0.337 e. The van der Waals surface area contributed by atoms with Gasteiger partial charge in [-0.15, -0.1) is 0 Å². The van der Waals surface area contributed by atoms with E-state index < -0.39 is 29.9 Å². The molecule has 0 bridgehead atoms. The first-order valence-corrected chi connectivity index (χ1v) is 19.2. The highest BCUT2D eigenvalue weighted by Gasteiger charge is 2.26. The number of hydrogen-bond donors (Lipinski definition) is 2. The molecule has 2 atom stereocenters. The lowest BCUT2D eigenvalue weighted by Gasteiger charge is -2.21. The van der Waals surface area contributed by atoms with Gasteiger partial charge in [0.1, 0.15) is 17.8 Å². The molecule has 0 radical (unpaired) electrons. The average Bonchev–Trinajstić information content (AvgIpc) is 3.22. The van der Waals surface area contributed by atoms with Crippen molar-refractivity contribution in [3.63, 3.8) is 0 Å². The van der Waals surface area contributed by atoms with Crippen LogP contribution in [-0.2, 0) is 19.1 Å². The number of aromatic nitrogens is 2. The third-order valence-corrected chi connectivity index (χ3v) is 9.52. The lowest BCUT2D eigenvalue weighted by molar-refractivity contribution is -0.136. The molecule has 0 fully saturated rings. The van der Waals surface area contributed by atoms with E-state index in [1.54, 1.807) is 36.7 Å². The number of nitrogens with one attached hydrogen (secondary N) is 2. The van der Waals surface area contributed by atoms with Crippen molar-refractivity contribution < 1.29 is 27.0 Å². The number of ether oxygens (including phenoxy) is 1. The van der Waals surface area contributed by atoms with Crippen LogP contribution >= 0.6 is 23.0 Å². The Morgan fingerprint density at radius 1 is 0.778 bits per heavy atom. The van der Waals surface area contributed by atoms with Crippen LogP contribution < -0.4 is 15.4 Å². The number of hydrogen-bond acceptors (Lipinski definition) is 8. The third kappa shape index (κ3) is 11.4. The summed E-state index contributed by atoms with van der Waals surface area (Å²) < 4.78 is 10.6. The van der Waals surface area contributed by atoms with Gasteiger partial charge in [0.2, 0.25) is 5.91 Å². The van der Waals surface area contributed by atoms with Gasteiger partial charge < -0.3 is 18.4 Å². The van der Waals surface area contributed by atoms with E-state index in [2.05, 4.69) is 27.5 Å². The zero-order valence-corrected chi connectivity index (χ0v) is 32.7. The van der Waals surface area contributed by atoms with Gasteiger partial charge in [0.15, 0.2) is 34.6 Å². The summed E-state index contributed by atoms with van der Waals surface area (Å²) in [6.45, 7) is 4.43. The van der Waals surface area contributed by atoms with Crippen molar-refractivity contribution in [2.75, 3.05) is 6.61 Å². The second-order valence-corrected chi connectivity index (χ2v) is 13.6. The summed E-state index contributed by atoms with van der Waals surface area (Å²) in [5.41, 5.74) is 4.78. The summed E-state index contributed by atoms with van der Waals surface area (Å²) in [6.07, 6.45) is 17.1. The fourth-order valence-corrected chi connectivity index (χ4v) is 6.28. The molecule has 2 N–H and O–H groups in total. The summed E-state index contributed by atoms with van der Waals surface area (Å²) in [6, 6.07) is 19.7. The Balaban J connectivity index is 1.22. The van der Waals surface area contributed by atoms with Crippen LogP contribution in [0.5, 0.6) is 5.75 Å². The molecule has 1 aliphatic rings. The van der Waals surface area contributed by atoms with E-state index in [4.69, 9.17) is 7.80 Å². The maximum absolute atomic E-state index is 13.4. The molecule has 1 aromatic heterocycles. The average molecular weight is 841 g/mol. The van der Waals surface area contributed by atoms with Crippen LogP contribution in [0.4, 0.5) is 0 Å². The molecule has 4 aromatic rings. The minimum atomic E-state index is -1.02. The summed E-state index contributed by atoms with van der Waals surface area (Å²) in [5, 5.41) is 5.43. The zero-order valence-electron chi connectivity index (χ0n) is 30.6. The highest BCUT2D eigenvalue weighted by Crippen LogP contribution is 2.24. The number of amides is 2. The van der Waals surface area contributed by atoms with Gasteiger partial charge in [0.05, 0.1) is 6.61 Å². The number of Topliss-reactive ketones (excluding diaryl/α,β-unsaturated/α-hetero) is 1. The summed E-state index contributed by atoms with van der Waals surface area (Å²) in [5.74, 6) is -0.403. The Kier molecular flexibility index (Phi) is 15.1. The number of allylic oxidation sites excluding steroid dienone is 4. The van der Waals surface area contributed by atoms with Crippen molar-refractivity contribution in [2.24, 2.45) is 0 Å². The van der Waals surface area contributed by atoms with Crippen molar-refractivity contribution in [1.82, 2.24) is 20.6 Å². The summed E-state index contributed by atoms with van der Waals surface area (Å²) >= 11 is 1.46. The van der Waals surface area contributed by atoms with Crippen LogP contribution in [0.2, 0.25) is 0 Å². The van der Waals surface area contributed by atoms with Crippen molar-refractivity contribution in [3.05, 3.63) is 126 Å². The second kappa shape index (κ2) is 20.3. The Morgan fingerprint density at radius 2 is 1.44 bits per heavy atom. The van der Waals surface area contributed by atoms with E-state index in [-0.39, 0.29) is 17.8 Å². The van der Waals surface area contributed by atoms with Crippen molar-refractivity contribution in [3.8, 4) is 28.3 Å². The van der Waals surface area contributed by atoms with Gasteiger partial charge >= 0.3 is 5.97 Å². The maximum atomic E-state index is 13.4. The van der Waals surface area contributed by atoms with Crippen LogP contribution in [0.1, 0.15) is 85.1 Å². The summed E-state index contributed by atoms with van der Waals surface area (Å²) in [4.78, 5) is 60.8. The smallest absolute Gasteiger partial charge is 0.337 e. The molecule has 1 aliphatic carbocycles. The van der Waals surface area contributed by atoms with E-state index in [0.717, 1.165) is 47.3 Å². The van der Waals surface area contributed by atoms with E-state index >= 15 is 0 Å². The highest BCUT2D eigenvalue weighted by molar-refractivity contribution is 14.1. The van der Waals surface area contributed by atoms with Crippen molar-refractivity contribution >= 4 is 46.6 Å². The molecule has 11 heteroatoms. The SMILES string of the molecule is CCCCCCCOc1ccc(-c2cnc(-c3ccc(CC(NC(=O)c4ccc(C(=O)C5=CCCC=C5)cc4)C(=O)N[C@H](C)C(=O)OI)cc3)nc2)cc1. The number of benzene rings is 3. The Bertz CT molecular complexity index is 1940. The Labute approximate surface area is 330 Å². The molecule has 280 valence electrons. The molecule has 1 heterocycles. The van der Waals surface area contributed by atoms with Gasteiger partial charge in [-0.2, -0.15) is 0 Å². The van der Waals surface area contributed by atoms with Crippen LogP contribution in [0.15, 0.2) is 109 Å². The molecule has 0 spiro atoms. The minimum absolute atomic E-state index is 0.115. The van der Waals surface area contributed by atoms with Crippen molar-refractivity contribution in [1.29, 1.82) is 0 Å². The Morgan fingerprint density at radius 3 is 2.09 bits per heavy atom. The van der Waals surface area contributed by atoms with Gasteiger partial charge in [-0.3, -0.25) is 14.4 Å². The van der Waals surface area contributed by atoms with Gasteiger partial charge in [-0.05, 0) is 61.6 Å². The number of ketones is 1. The molecule has 10 nitrogen and oxygen atoms in total. The predicted molar refractivity (Wildman–Crippen MR) is 217 cm³/mol. The molecule has 54 heavy (non-hydrogen) atoms. The number of carbonyl (C=O) groups excluding carboxylic acids is 4. The van der Waals surface area contributed by atoms with Gasteiger partial charge in [-0.1, -0.05) is 99.4 Å². The number of carbonyl (C=O) groups is 4. The van der Waals surface area contributed by atoms with Gasteiger partial charge in [0, 0.05) is 46.6 Å². The molecule has 3 aromatic carbocycles. The second-order valence-electron chi connectivity index (χ2n) is 13.2. The van der Waals surface area contributed by atoms with Gasteiger partial charge in [-0.25, -0.2) is 14.8 Å². The fraction of sp³-hybridized carbons (Fsp3) is 0.302. The number of unbranched alkanes of at least 4 members (excludes halogenated alkanes) is 4. The molecule has 5 rings (SSSR count). The largest absolute Gasteiger partial charge is 0.494 e. The zero-order chi connectivity index (χ0) is 38.3. The first-order valence-electron chi connectivity index (χ1n) is 18.4. The molecule has 0 aliphatic heterocycles. The van der Waals surface area contributed by atoms with E-state index in [0.29, 0.717) is 23.6 Å². The lowest BCUT2D eigenvalue weighted by Crippen LogP contribution is -2.51. The topological polar surface area (TPSA) is 137 Å². The molecule has 0 saturated carbocycles. The molecule has 0 saturated heterocycles. The van der Waals surface area contributed by atoms with E-state index in [1.165, 1.54) is 55.6 Å². The first-order chi connectivity index (χ1) is 26.2. The van der Waals surface area contributed by atoms with E-state index in [1.807, 2.05) is 66.8 Å². The number of rotatable bonds is 18. The molecular weight excluding hydrogens is 795 g/mol. The highest BCUT2D eigenvalue weighted by atomic mass is 127. The quantitative estimate of drug-likeness (QED) is 0.0580. The normalized spacial score (nSPS) is 13.3. The number of halogens is 1. The monoisotopic (exact) mass is 840 g/mol. The third-order valence-electron chi connectivity index (χ3n) is 9.08. The molecule has 2 amide bonds. The van der Waals surface area contributed by atoms with Crippen molar-refractivity contribution in [2.45, 2.75) is 77.3 Å².